The van der Waals surface area contributed by atoms with Gasteiger partial charge < -0.3 is 16.2 Å². The monoisotopic (exact) mass is 290 g/mol. The number of halogens is 2. The van der Waals surface area contributed by atoms with Gasteiger partial charge in [-0.05, 0) is 18.2 Å². The van der Waals surface area contributed by atoms with Crippen molar-refractivity contribution in [2.75, 3.05) is 30.4 Å². The van der Waals surface area contributed by atoms with Crippen LogP contribution in [0.5, 0.6) is 0 Å². The van der Waals surface area contributed by atoms with Crippen molar-refractivity contribution in [1.82, 2.24) is 5.32 Å². The predicted octanol–water partition coefficient (Wildman–Crippen LogP) is 1.39. The average Bonchev–Trinajstić information content (AvgIpc) is 2.37. The predicted molar refractivity (Wildman–Crippen MR) is 72.1 cm³/mol. The standard InChI is InChI=1S/C12H16F2N2O2S/c13-9-7-10(14)11(15)6-8(9)12(18)16-2-5-19-4-1-3-17/h6-7,17H,1-5,15H2,(H,16,18). The molecule has 0 radical (unpaired) electrons. The Bertz CT molecular complexity index is 444. The van der Waals surface area contributed by atoms with Crippen molar-refractivity contribution in [3.05, 3.63) is 29.3 Å². The first kappa shape index (κ1) is 15.7. The molecule has 0 aliphatic rings. The number of amides is 1. The number of anilines is 1. The molecule has 0 aliphatic carbocycles. The van der Waals surface area contributed by atoms with Crippen LogP contribution in [0.4, 0.5) is 14.5 Å². The van der Waals surface area contributed by atoms with Crippen LogP contribution in [0.1, 0.15) is 16.8 Å². The Balaban J connectivity index is 2.43. The minimum Gasteiger partial charge on any atom is -0.396 e. The van der Waals surface area contributed by atoms with Gasteiger partial charge in [0, 0.05) is 25.0 Å². The van der Waals surface area contributed by atoms with Crippen LogP contribution in [-0.4, -0.2) is 35.7 Å². The molecule has 106 valence electrons. The summed E-state index contributed by atoms with van der Waals surface area (Å²) >= 11 is 1.57. The van der Waals surface area contributed by atoms with E-state index in [0.29, 0.717) is 24.8 Å². The van der Waals surface area contributed by atoms with E-state index >= 15 is 0 Å². The number of aliphatic hydroxyl groups is 1. The Morgan fingerprint density at radius 1 is 1.32 bits per heavy atom. The smallest absolute Gasteiger partial charge is 0.254 e. The first-order valence-electron chi connectivity index (χ1n) is 5.77. The van der Waals surface area contributed by atoms with E-state index in [-0.39, 0.29) is 17.9 Å². The van der Waals surface area contributed by atoms with Gasteiger partial charge in [-0.2, -0.15) is 11.8 Å². The molecule has 0 aliphatic heterocycles. The molecule has 7 heteroatoms. The third kappa shape index (κ3) is 5.04. The zero-order chi connectivity index (χ0) is 14.3. The molecule has 19 heavy (non-hydrogen) atoms. The van der Waals surface area contributed by atoms with E-state index < -0.39 is 17.5 Å². The summed E-state index contributed by atoms with van der Waals surface area (Å²) in [4.78, 5) is 11.6. The van der Waals surface area contributed by atoms with Crippen molar-refractivity contribution in [2.24, 2.45) is 0 Å². The number of nitrogens with one attached hydrogen (secondary N) is 1. The van der Waals surface area contributed by atoms with Crippen LogP contribution in [0.3, 0.4) is 0 Å². The Morgan fingerprint density at radius 3 is 2.74 bits per heavy atom. The fourth-order valence-electron chi connectivity index (χ4n) is 1.34. The van der Waals surface area contributed by atoms with Crippen LogP contribution < -0.4 is 11.1 Å². The minimum atomic E-state index is -0.933. The average molecular weight is 290 g/mol. The summed E-state index contributed by atoms with van der Waals surface area (Å²) in [5.41, 5.74) is 4.76. The summed E-state index contributed by atoms with van der Waals surface area (Å²) < 4.78 is 26.3. The van der Waals surface area contributed by atoms with Crippen LogP contribution in [0.15, 0.2) is 12.1 Å². The highest BCUT2D eigenvalue weighted by atomic mass is 32.2. The lowest BCUT2D eigenvalue weighted by Crippen LogP contribution is -2.27. The Labute approximate surface area is 114 Å². The Kier molecular flexibility index (Phi) is 6.58. The molecule has 4 nitrogen and oxygen atoms in total. The van der Waals surface area contributed by atoms with Gasteiger partial charge in [0.15, 0.2) is 0 Å². The number of carbonyl (C=O) groups is 1. The van der Waals surface area contributed by atoms with E-state index in [1.807, 2.05) is 0 Å². The van der Waals surface area contributed by atoms with Gasteiger partial charge in [0.2, 0.25) is 0 Å². The molecule has 0 saturated carbocycles. The third-order valence-corrected chi connectivity index (χ3v) is 3.38. The number of hydrogen-bond acceptors (Lipinski definition) is 4. The van der Waals surface area contributed by atoms with Gasteiger partial charge in [0.05, 0.1) is 11.3 Å². The maximum atomic E-state index is 13.4. The fourth-order valence-corrected chi connectivity index (χ4v) is 2.12. The summed E-state index contributed by atoms with van der Waals surface area (Å²) in [5.74, 6) is -0.980. The van der Waals surface area contributed by atoms with E-state index in [2.05, 4.69) is 5.32 Å². The second kappa shape index (κ2) is 7.96. The number of hydrogen-bond donors (Lipinski definition) is 3. The van der Waals surface area contributed by atoms with Crippen molar-refractivity contribution in [3.8, 4) is 0 Å². The second-order valence-corrected chi connectivity index (χ2v) is 5.02. The highest BCUT2D eigenvalue weighted by molar-refractivity contribution is 7.99. The first-order valence-corrected chi connectivity index (χ1v) is 6.93. The van der Waals surface area contributed by atoms with E-state index in [1.54, 1.807) is 11.8 Å². The molecule has 1 rings (SSSR count). The molecule has 0 spiro atoms. The number of aliphatic hydroxyl groups excluding tert-OH is 1. The molecule has 0 atom stereocenters. The van der Waals surface area contributed by atoms with Crippen LogP contribution >= 0.6 is 11.8 Å². The molecule has 0 bridgehead atoms. The van der Waals surface area contributed by atoms with Gasteiger partial charge in [-0.25, -0.2) is 8.78 Å². The second-order valence-electron chi connectivity index (χ2n) is 3.80. The van der Waals surface area contributed by atoms with Gasteiger partial charge in [-0.15, -0.1) is 0 Å². The van der Waals surface area contributed by atoms with Crippen molar-refractivity contribution in [3.63, 3.8) is 0 Å². The highest BCUT2D eigenvalue weighted by Gasteiger charge is 2.14. The van der Waals surface area contributed by atoms with Crippen molar-refractivity contribution >= 4 is 23.4 Å². The van der Waals surface area contributed by atoms with E-state index in [1.165, 1.54) is 0 Å². The van der Waals surface area contributed by atoms with E-state index in [9.17, 15) is 13.6 Å². The lowest BCUT2D eigenvalue weighted by atomic mass is 10.1. The molecule has 0 unspecified atom stereocenters. The van der Waals surface area contributed by atoms with Gasteiger partial charge >= 0.3 is 0 Å². The normalized spacial score (nSPS) is 10.5. The molecule has 1 amide bonds. The maximum absolute atomic E-state index is 13.4. The lowest BCUT2D eigenvalue weighted by Gasteiger charge is -2.07. The molecule has 1 aromatic rings. The topological polar surface area (TPSA) is 75.4 Å². The van der Waals surface area contributed by atoms with E-state index in [0.717, 1.165) is 11.8 Å². The SMILES string of the molecule is Nc1cc(C(=O)NCCSCCCO)c(F)cc1F. The molecular formula is C12H16F2N2O2S. The Hall–Kier alpha value is -1.34. The molecule has 1 aromatic carbocycles. The number of carbonyl (C=O) groups excluding carboxylic acids is 1. The minimum absolute atomic E-state index is 0.138. The zero-order valence-electron chi connectivity index (χ0n) is 10.3. The fraction of sp³-hybridized carbons (Fsp3) is 0.417. The summed E-state index contributed by atoms with van der Waals surface area (Å²) in [6.07, 6.45) is 0.696. The number of rotatable bonds is 7. The maximum Gasteiger partial charge on any atom is 0.254 e. The quantitative estimate of drug-likeness (QED) is 0.524. The van der Waals surface area contributed by atoms with Gasteiger partial charge in [0.1, 0.15) is 11.6 Å². The van der Waals surface area contributed by atoms with Crippen LogP contribution in [0, 0.1) is 11.6 Å². The summed E-state index contributed by atoms with van der Waals surface area (Å²) in [7, 11) is 0. The third-order valence-electron chi connectivity index (χ3n) is 2.31. The van der Waals surface area contributed by atoms with Crippen molar-refractivity contribution in [1.29, 1.82) is 0 Å². The molecule has 0 heterocycles. The molecule has 0 fully saturated rings. The molecule has 0 saturated heterocycles. The summed E-state index contributed by atoms with van der Waals surface area (Å²) in [5, 5.41) is 11.1. The Morgan fingerprint density at radius 2 is 2.05 bits per heavy atom. The first-order chi connectivity index (χ1) is 9.06. The molecular weight excluding hydrogens is 274 g/mol. The van der Waals surface area contributed by atoms with Gasteiger partial charge in [-0.3, -0.25) is 4.79 Å². The number of nitrogen functional groups attached to an aromatic ring is 1. The summed E-state index contributed by atoms with van der Waals surface area (Å²) in [6.45, 7) is 0.505. The molecule has 0 aromatic heterocycles. The van der Waals surface area contributed by atoms with Crippen LogP contribution in [-0.2, 0) is 0 Å². The number of benzene rings is 1. The van der Waals surface area contributed by atoms with E-state index in [4.69, 9.17) is 10.8 Å². The number of thioether (sulfide) groups is 1. The largest absolute Gasteiger partial charge is 0.396 e. The highest BCUT2D eigenvalue weighted by Crippen LogP contribution is 2.16. The van der Waals surface area contributed by atoms with Gasteiger partial charge in [-0.1, -0.05) is 0 Å². The zero-order valence-corrected chi connectivity index (χ0v) is 11.1. The van der Waals surface area contributed by atoms with Crippen LogP contribution in [0.2, 0.25) is 0 Å². The summed E-state index contributed by atoms with van der Waals surface area (Å²) in [6, 6.07) is 1.58. The lowest BCUT2D eigenvalue weighted by molar-refractivity contribution is 0.0952. The van der Waals surface area contributed by atoms with Crippen molar-refractivity contribution in [2.45, 2.75) is 6.42 Å². The van der Waals surface area contributed by atoms with Crippen LogP contribution in [0.25, 0.3) is 0 Å². The molecule has 4 N–H and O–H groups in total. The number of nitrogens with two attached hydrogens (primary N) is 1. The van der Waals surface area contributed by atoms with Crippen molar-refractivity contribution < 1.29 is 18.7 Å². The van der Waals surface area contributed by atoms with Gasteiger partial charge in [0.25, 0.3) is 5.91 Å².